The molecule has 0 saturated carbocycles. The Morgan fingerprint density at radius 3 is 2.18 bits per heavy atom. The van der Waals surface area contributed by atoms with Gasteiger partial charge in [0, 0.05) is 17.6 Å². The van der Waals surface area contributed by atoms with Crippen molar-refractivity contribution >= 4 is 23.9 Å². The molecule has 0 aliphatic rings. The van der Waals surface area contributed by atoms with E-state index >= 15 is 0 Å². The first kappa shape index (κ1) is 28.7. The Balaban J connectivity index is 3.20. The van der Waals surface area contributed by atoms with E-state index in [2.05, 4.69) is 10.6 Å². The van der Waals surface area contributed by atoms with Gasteiger partial charge >= 0.3 is 12.1 Å². The Labute approximate surface area is 201 Å². The third-order valence-corrected chi connectivity index (χ3v) is 4.45. The number of nitrogens with zero attached hydrogens (tertiary/aromatic N) is 1. The van der Waals surface area contributed by atoms with Crippen LogP contribution >= 0.6 is 0 Å². The SMILES string of the molecule is CCOC(=O)CCNC(=O)C(c1ccccc1O)N(C(=O)CNC(=O)OC(C)(C)C)C(C)(C)C. The first-order valence-electron chi connectivity index (χ1n) is 11.2. The maximum absolute atomic E-state index is 13.3. The fourth-order valence-corrected chi connectivity index (χ4v) is 3.19. The maximum Gasteiger partial charge on any atom is 0.408 e. The molecule has 1 atom stereocenters. The van der Waals surface area contributed by atoms with Crippen molar-refractivity contribution in [2.45, 2.75) is 72.1 Å². The Bertz CT molecular complexity index is 872. The molecular weight excluding hydrogens is 442 g/mol. The van der Waals surface area contributed by atoms with Crippen LogP contribution in [0.1, 0.15) is 66.5 Å². The molecule has 0 saturated heterocycles. The molecule has 3 N–H and O–H groups in total. The Kier molecular flexibility index (Phi) is 10.3. The summed E-state index contributed by atoms with van der Waals surface area (Å²) in [5.41, 5.74) is -1.41. The van der Waals surface area contributed by atoms with Crippen molar-refractivity contribution in [3.63, 3.8) is 0 Å². The fourth-order valence-electron chi connectivity index (χ4n) is 3.19. The number of nitrogens with one attached hydrogen (secondary N) is 2. The van der Waals surface area contributed by atoms with Crippen LogP contribution in [0, 0.1) is 0 Å². The minimum Gasteiger partial charge on any atom is -0.508 e. The van der Waals surface area contributed by atoms with Gasteiger partial charge in [0.2, 0.25) is 11.8 Å². The second-order valence-corrected chi connectivity index (χ2v) is 9.60. The van der Waals surface area contributed by atoms with Crippen molar-refractivity contribution in [3.05, 3.63) is 29.8 Å². The molecule has 34 heavy (non-hydrogen) atoms. The highest BCUT2D eigenvalue weighted by Gasteiger charge is 2.39. The van der Waals surface area contributed by atoms with Crippen LogP contribution in [0.4, 0.5) is 4.79 Å². The smallest absolute Gasteiger partial charge is 0.408 e. The van der Waals surface area contributed by atoms with Crippen LogP contribution in [0.25, 0.3) is 0 Å². The number of rotatable bonds is 9. The van der Waals surface area contributed by atoms with Gasteiger partial charge in [-0.3, -0.25) is 14.4 Å². The summed E-state index contributed by atoms with van der Waals surface area (Å²) in [6.45, 7) is 11.8. The predicted molar refractivity (Wildman–Crippen MR) is 126 cm³/mol. The number of carbonyl (C=O) groups is 4. The zero-order chi connectivity index (χ0) is 26.1. The number of carbonyl (C=O) groups excluding carboxylic acids is 4. The van der Waals surface area contributed by atoms with Gasteiger partial charge in [0.15, 0.2) is 0 Å². The minimum absolute atomic E-state index is 0.00983. The first-order valence-corrected chi connectivity index (χ1v) is 11.2. The number of alkyl carbamates (subject to hydrolysis) is 1. The standard InChI is InChI=1S/C24H37N3O7/c1-8-33-19(30)13-14-25-21(31)20(16-11-9-10-12-17(16)28)27(23(2,3)4)18(29)15-26-22(32)34-24(5,6)7/h9-12,20,28H,8,13-15H2,1-7H3,(H,25,31)(H,26,32). The van der Waals surface area contributed by atoms with Crippen molar-refractivity contribution < 1.29 is 33.8 Å². The number of benzene rings is 1. The molecule has 1 unspecified atom stereocenters. The topological polar surface area (TPSA) is 134 Å². The number of ether oxygens (including phenoxy) is 2. The molecule has 10 nitrogen and oxygen atoms in total. The molecule has 0 aliphatic heterocycles. The van der Waals surface area contributed by atoms with Gasteiger partial charge in [-0.15, -0.1) is 0 Å². The van der Waals surface area contributed by atoms with Crippen LogP contribution in [0.2, 0.25) is 0 Å². The maximum atomic E-state index is 13.3. The summed E-state index contributed by atoms with van der Waals surface area (Å²) < 4.78 is 10.0. The van der Waals surface area contributed by atoms with Gasteiger partial charge < -0.3 is 30.1 Å². The molecule has 0 aliphatic carbocycles. The number of amides is 3. The van der Waals surface area contributed by atoms with E-state index in [1.807, 2.05) is 0 Å². The first-order chi connectivity index (χ1) is 15.7. The predicted octanol–water partition coefficient (Wildman–Crippen LogP) is 2.65. The highest BCUT2D eigenvalue weighted by molar-refractivity contribution is 5.91. The molecule has 3 amide bonds. The summed E-state index contributed by atoms with van der Waals surface area (Å²) in [4.78, 5) is 51.5. The number of esters is 1. The van der Waals surface area contributed by atoms with Crippen molar-refractivity contribution in [2.24, 2.45) is 0 Å². The van der Waals surface area contributed by atoms with E-state index in [0.717, 1.165) is 0 Å². The van der Waals surface area contributed by atoms with Gasteiger partial charge in [-0.1, -0.05) is 18.2 Å². The highest BCUT2D eigenvalue weighted by Crippen LogP contribution is 2.33. The molecule has 1 rings (SSSR count). The lowest BCUT2D eigenvalue weighted by Gasteiger charge is -2.41. The Hall–Kier alpha value is -3.30. The van der Waals surface area contributed by atoms with Crippen LogP contribution < -0.4 is 10.6 Å². The van der Waals surface area contributed by atoms with Crippen LogP contribution in [0.5, 0.6) is 5.75 Å². The lowest BCUT2D eigenvalue weighted by molar-refractivity contribution is -0.146. The van der Waals surface area contributed by atoms with Gasteiger partial charge in [0.25, 0.3) is 0 Å². The molecule has 0 radical (unpaired) electrons. The molecule has 0 heterocycles. The molecule has 1 aromatic rings. The van der Waals surface area contributed by atoms with Gasteiger partial charge in [-0.2, -0.15) is 0 Å². The van der Waals surface area contributed by atoms with E-state index in [4.69, 9.17) is 9.47 Å². The molecule has 1 aromatic carbocycles. The van der Waals surface area contributed by atoms with Crippen LogP contribution in [0.15, 0.2) is 24.3 Å². The summed E-state index contributed by atoms with van der Waals surface area (Å²) in [5, 5.41) is 15.5. The lowest BCUT2D eigenvalue weighted by Crippen LogP contribution is -2.55. The number of phenolic OH excluding ortho intramolecular Hbond substituents is 1. The summed E-state index contributed by atoms with van der Waals surface area (Å²) in [6.07, 6.45) is -0.816. The number of aromatic hydroxyl groups is 1. The van der Waals surface area contributed by atoms with Crippen molar-refractivity contribution in [2.75, 3.05) is 19.7 Å². The quantitative estimate of drug-likeness (QED) is 0.464. The zero-order valence-corrected chi connectivity index (χ0v) is 21.1. The molecule has 0 bridgehead atoms. The van der Waals surface area contributed by atoms with Gasteiger partial charge in [0.05, 0.1) is 13.0 Å². The second-order valence-electron chi connectivity index (χ2n) is 9.60. The van der Waals surface area contributed by atoms with Crippen LogP contribution in [-0.4, -0.2) is 64.7 Å². The second kappa shape index (κ2) is 12.2. The van der Waals surface area contributed by atoms with E-state index in [1.54, 1.807) is 60.6 Å². The largest absolute Gasteiger partial charge is 0.508 e. The van der Waals surface area contributed by atoms with Crippen molar-refractivity contribution in [3.8, 4) is 5.75 Å². The van der Waals surface area contributed by atoms with Crippen molar-refractivity contribution in [1.29, 1.82) is 0 Å². The van der Waals surface area contributed by atoms with E-state index in [0.29, 0.717) is 0 Å². The molecule has 10 heteroatoms. The highest BCUT2D eigenvalue weighted by atomic mass is 16.6. The summed E-state index contributed by atoms with van der Waals surface area (Å²) >= 11 is 0. The van der Waals surface area contributed by atoms with Crippen molar-refractivity contribution in [1.82, 2.24) is 15.5 Å². The summed E-state index contributed by atoms with van der Waals surface area (Å²) in [5.74, 6) is -1.79. The van der Waals surface area contributed by atoms with E-state index < -0.39 is 47.6 Å². The number of phenols is 1. The third kappa shape index (κ3) is 9.29. The monoisotopic (exact) mass is 479 g/mol. The zero-order valence-electron chi connectivity index (χ0n) is 21.1. The van der Waals surface area contributed by atoms with Gasteiger partial charge in [-0.25, -0.2) is 4.79 Å². The van der Waals surface area contributed by atoms with Crippen LogP contribution in [0.3, 0.4) is 0 Å². The van der Waals surface area contributed by atoms with Gasteiger partial charge in [-0.05, 0) is 54.5 Å². The number of hydrogen-bond donors (Lipinski definition) is 3. The number of hydrogen-bond acceptors (Lipinski definition) is 7. The van der Waals surface area contributed by atoms with E-state index in [-0.39, 0.29) is 30.9 Å². The average Bonchev–Trinajstić information content (AvgIpc) is 2.68. The molecule has 190 valence electrons. The normalized spacial score (nSPS) is 12.3. The lowest BCUT2D eigenvalue weighted by atomic mass is 9.96. The van der Waals surface area contributed by atoms with E-state index in [1.165, 1.54) is 17.0 Å². The molecule has 0 fully saturated rings. The van der Waals surface area contributed by atoms with E-state index in [9.17, 15) is 24.3 Å². The molecule has 0 spiro atoms. The average molecular weight is 480 g/mol. The minimum atomic E-state index is -1.23. The summed E-state index contributed by atoms with van der Waals surface area (Å²) in [6, 6.07) is 4.97. The fraction of sp³-hybridized carbons (Fsp3) is 0.583. The Morgan fingerprint density at radius 1 is 1.03 bits per heavy atom. The third-order valence-electron chi connectivity index (χ3n) is 4.45. The summed E-state index contributed by atoms with van der Waals surface area (Å²) in [7, 11) is 0. The van der Waals surface area contributed by atoms with Gasteiger partial charge in [0.1, 0.15) is 23.9 Å². The molecule has 0 aromatic heterocycles. The van der Waals surface area contributed by atoms with Crippen LogP contribution in [-0.2, 0) is 23.9 Å². The Morgan fingerprint density at radius 2 is 1.65 bits per heavy atom. The number of para-hydroxylation sites is 1. The molecular formula is C24H37N3O7.